The van der Waals surface area contributed by atoms with Gasteiger partial charge in [-0.15, -0.1) is 0 Å². The number of rotatable bonds is 11. The molecular weight excluding hydrogens is 394 g/mol. The highest BCUT2D eigenvalue weighted by molar-refractivity contribution is 5.78. The van der Waals surface area contributed by atoms with E-state index in [0.29, 0.717) is 38.3 Å². The van der Waals surface area contributed by atoms with Crippen molar-refractivity contribution in [3.63, 3.8) is 0 Å². The SMILES string of the molecule is CC.CCC(C)N1CCC(C(=O)NCCOCCOCC(=O)N2CCC(C)CC2)CC1. The van der Waals surface area contributed by atoms with E-state index in [2.05, 4.69) is 31.0 Å². The van der Waals surface area contributed by atoms with E-state index in [0.717, 1.165) is 58.3 Å². The molecule has 0 spiro atoms. The Kier molecular flexibility index (Phi) is 14.8. The standard InChI is InChI=1S/C22H41N3O4.C2H6/c1-4-19(3)24-12-7-20(8-13-24)22(27)23-9-14-28-15-16-29-17-21(26)25-10-5-18(2)6-11-25;1-2/h18-20H,4-17H2,1-3H3,(H,23,27);1-2H3. The molecule has 2 rings (SSSR count). The molecule has 7 nitrogen and oxygen atoms in total. The molecule has 2 aliphatic rings. The van der Waals surface area contributed by atoms with Gasteiger partial charge in [0.2, 0.25) is 11.8 Å². The van der Waals surface area contributed by atoms with Gasteiger partial charge in [-0.1, -0.05) is 27.7 Å². The predicted octanol–water partition coefficient (Wildman–Crippen LogP) is 2.93. The van der Waals surface area contributed by atoms with Crippen LogP contribution >= 0.6 is 0 Å². The van der Waals surface area contributed by atoms with Crippen LogP contribution < -0.4 is 5.32 Å². The van der Waals surface area contributed by atoms with E-state index in [1.807, 2.05) is 18.7 Å². The monoisotopic (exact) mass is 441 g/mol. The first-order valence-electron chi connectivity index (χ1n) is 12.5. The minimum Gasteiger partial charge on any atom is -0.377 e. The number of hydrogen-bond donors (Lipinski definition) is 1. The first-order chi connectivity index (χ1) is 15.0. The molecule has 0 aromatic carbocycles. The van der Waals surface area contributed by atoms with Gasteiger partial charge in [0, 0.05) is 31.6 Å². The number of carbonyl (C=O) groups is 2. The maximum absolute atomic E-state index is 12.3. The first-order valence-corrected chi connectivity index (χ1v) is 12.5. The largest absolute Gasteiger partial charge is 0.377 e. The van der Waals surface area contributed by atoms with Crippen LogP contribution in [0.4, 0.5) is 0 Å². The Morgan fingerprint density at radius 2 is 1.58 bits per heavy atom. The van der Waals surface area contributed by atoms with Gasteiger partial charge in [-0.05, 0) is 58.0 Å². The van der Waals surface area contributed by atoms with Crippen LogP contribution in [0, 0.1) is 11.8 Å². The molecule has 2 aliphatic heterocycles. The summed E-state index contributed by atoms with van der Waals surface area (Å²) in [5, 5.41) is 2.98. The summed E-state index contributed by atoms with van der Waals surface area (Å²) in [6, 6.07) is 0.605. The van der Waals surface area contributed by atoms with Crippen LogP contribution in [-0.2, 0) is 19.1 Å². The van der Waals surface area contributed by atoms with Crippen LogP contribution in [0.25, 0.3) is 0 Å². The third-order valence-electron chi connectivity index (χ3n) is 6.39. The molecule has 0 aromatic rings. The molecule has 1 unspecified atom stereocenters. The zero-order valence-corrected chi connectivity index (χ0v) is 20.7. The van der Waals surface area contributed by atoms with Gasteiger partial charge >= 0.3 is 0 Å². The molecule has 2 heterocycles. The van der Waals surface area contributed by atoms with Gasteiger partial charge in [0.25, 0.3) is 0 Å². The molecule has 0 aliphatic carbocycles. The average Bonchev–Trinajstić information content (AvgIpc) is 2.81. The molecule has 2 amide bonds. The minimum absolute atomic E-state index is 0.0727. The maximum Gasteiger partial charge on any atom is 0.248 e. The second kappa shape index (κ2) is 16.5. The van der Waals surface area contributed by atoms with Crippen LogP contribution in [0.15, 0.2) is 0 Å². The second-order valence-electron chi connectivity index (χ2n) is 8.59. The zero-order valence-electron chi connectivity index (χ0n) is 20.7. The molecule has 182 valence electrons. The number of carbonyl (C=O) groups excluding carboxylic acids is 2. The summed E-state index contributed by atoms with van der Waals surface area (Å²) in [4.78, 5) is 28.7. The van der Waals surface area contributed by atoms with Gasteiger partial charge in [-0.3, -0.25) is 9.59 Å². The summed E-state index contributed by atoms with van der Waals surface area (Å²) in [6.07, 6.45) is 5.20. The summed E-state index contributed by atoms with van der Waals surface area (Å²) in [7, 11) is 0. The Morgan fingerprint density at radius 1 is 0.968 bits per heavy atom. The van der Waals surface area contributed by atoms with Crippen molar-refractivity contribution in [1.82, 2.24) is 15.1 Å². The van der Waals surface area contributed by atoms with E-state index in [4.69, 9.17) is 9.47 Å². The lowest BCUT2D eigenvalue weighted by Gasteiger charge is -2.35. The first kappa shape index (κ1) is 27.9. The highest BCUT2D eigenvalue weighted by atomic mass is 16.5. The number of likely N-dealkylation sites (tertiary alicyclic amines) is 2. The fraction of sp³-hybridized carbons (Fsp3) is 0.917. The molecule has 0 aromatic heterocycles. The Bertz CT molecular complexity index is 487. The van der Waals surface area contributed by atoms with Gasteiger partial charge in [0.15, 0.2) is 0 Å². The normalized spacial score (nSPS) is 19.5. The quantitative estimate of drug-likeness (QED) is 0.499. The van der Waals surface area contributed by atoms with Crippen LogP contribution in [0.1, 0.15) is 66.7 Å². The van der Waals surface area contributed by atoms with E-state index in [9.17, 15) is 9.59 Å². The smallest absolute Gasteiger partial charge is 0.248 e. The predicted molar refractivity (Wildman–Crippen MR) is 125 cm³/mol. The lowest BCUT2D eigenvalue weighted by molar-refractivity contribution is -0.138. The Balaban J connectivity index is 0.00000233. The molecule has 2 saturated heterocycles. The topological polar surface area (TPSA) is 71.1 Å². The van der Waals surface area contributed by atoms with Crippen molar-refractivity contribution in [2.75, 3.05) is 59.2 Å². The lowest BCUT2D eigenvalue weighted by Crippen LogP contribution is -2.44. The Morgan fingerprint density at radius 3 is 2.19 bits per heavy atom. The minimum atomic E-state index is 0.0727. The molecule has 0 radical (unpaired) electrons. The number of ether oxygens (including phenoxy) is 2. The van der Waals surface area contributed by atoms with Crippen LogP contribution in [-0.4, -0.2) is 86.8 Å². The number of nitrogens with one attached hydrogen (secondary N) is 1. The molecule has 1 atom stereocenters. The number of nitrogens with zero attached hydrogens (tertiary/aromatic N) is 2. The maximum atomic E-state index is 12.3. The molecular formula is C24H47N3O4. The van der Waals surface area contributed by atoms with Crippen LogP contribution in [0.2, 0.25) is 0 Å². The lowest BCUT2D eigenvalue weighted by atomic mass is 9.94. The Hall–Kier alpha value is -1.18. The molecule has 0 saturated carbocycles. The van der Waals surface area contributed by atoms with Crippen molar-refractivity contribution >= 4 is 11.8 Å². The van der Waals surface area contributed by atoms with Crippen molar-refractivity contribution in [3.05, 3.63) is 0 Å². The van der Waals surface area contributed by atoms with E-state index >= 15 is 0 Å². The molecule has 31 heavy (non-hydrogen) atoms. The number of hydrogen-bond acceptors (Lipinski definition) is 5. The highest BCUT2D eigenvalue weighted by Crippen LogP contribution is 2.20. The van der Waals surface area contributed by atoms with E-state index < -0.39 is 0 Å². The van der Waals surface area contributed by atoms with Crippen LogP contribution in [0.5, 0.6) is 0 Å². The molecule has 1 N–H and O–H groups in total. The summed E-state index contributed by atoms with van der Waals surface area (Å²) in [5.41, 5.74) is 0. The fourth-order valence-electron chi connectivity index (χ4n) is 3.98. The second-order valence-corrected chi connectivity index (χ2v) is 8.59. The van der Waals surface area contributed by atoms with Crippen molar-refractivity contribution in [2.24, 2.45) is 11.8 Å². The Labute approximate surface area is 190 Å². The fourth-order valence-corrected chi connectivity index (χ4v) is 3.98. The van der Waals surface area contributed by atoms with Gasteiger partial charge in [-0.25, -0.2) is 0 Å². The van der Waals surface area contributed by atoms with Gasteiger partial charge < -0.3 is 24.6 Å². The third-order valence-corrected chi connectivity index (χ3v) is 6.39. The van der Waals surface area contributed by atoms with Crippen molar-refractivity contribution < 1.29 is 19.1 Å². The summed E-state index contributed by atoms with van der Waals surface area (Å²) >= 11 is 0. The highest BCUT2D eigenvalue weighted by Gasteiger charge is 2.26. The summed E-state index contributed by atoms with van der Waals surface area (Å²) < 4.78 is 10.9. The van der Waals surface area contributed by atoms with E-state index in [-0.39, 0.29) is 24.3 Å². The van der Waals surface area contributed by atoms with Gasteiger partial charge in [0.1, 0.15) is 6.61 Å². The summed E-state index contributed by atoms with van der Waals surface area (Å²) in [5.74, 6) is 1.06. The van der Waals surface area contributed by atoms with Crippen LogP contribution in [0.3, 0.4) is 0 Å². The molecule has 2 fully saturated rings. The number of amides is 2. The molecule has 7 heteroatoms. The van der Waals surface area contributed by atoms with Gasteiger partial charge in [0.05, 0.1) is 19.8 Å². The summed E-state index contributed by atoms with van der Waals surface area (Å²) in [6.45, 7) is 16.4. The van der Waals surface area contributed by atoms with Crippen molar-refractivity contribution in [2.45, 2.75) is 72.8 Å². The third kappa shape index (κ3) is 10.8. The van der Waals surface area contributed by atoms with Crippen molar-refractivity contribution in [1.29, 1.82) is 0 Å². The van der Waals surface area contributed by atoms with E-state index in [1.54, 1.807) is 0 Å². The zero-order chi connectivity index (χ0) is 23.1. The van der Waals surface area contributed by atoms with Crippen molar-refractivity contribution in [3.8, 4) is 0 Å². The molecule has 0 bridgehead atoms. The number of piperidine rings is 2. The average molecular weight is 442 g/mol. The van der Waals surface area contributed by atoms with E-state index in [1.165, 1.54) is 0 Å². The van der Waals surface area contributed by atoms with Gasteiger partial charge in [-0.2, -0.15) is 0 Å².